The molecule has 2 aromatic rings. The van der Waals surface area contributed by atoms with Crippen molar-refractivity contribution < 1.29 is 0 Å². The Balaban J connectivity index is 1.56. The zero-order valence-corrected chi connectivity index (χ0v) is 13.4. The molecule has 1 aliphatic carbocycles. The highest BCUT2D eigenvalue weighted by Crippen LogP contribution is 2.34. The van der Waals surface area contributed by atoms with E-state index in [1.807, 2.05) is 0 Å². The molecule has 0 spiro atoms. The van der Waals surface area contributed by atoms with E-state index in [-0.39, 0.29) is 0 Å². The molecular weight excluding hydrogens is 306 g/mol. The number of imidazole rings is 1. The first kappa shape index (κ1) is 13.7. The number of hydrogen-bond acceptors (Lipinski definition) is 5. The van der Waals surface area contributed by atoms with E-state index in [4.69, 9.17) is 16.6 Å². The van der Waals surface area contributed by atoms with Gasteiger partial charge in [0, 0.05) is 23.8 Å². The van der Waals surface area contributed by atoms with Crippen molar-refractivity contribution in [2.45, 2.75) is 51.1 Å². The first-order valence-electron chi connectivity index (χ1n) is 7.59. The summed E-state index contributed by atoms with van der Waals surface area (Å²) in [5.41, 5.74) is 3.54. The number of halogens is 1. The number of nitrogens with zero attached hydrogens (tertiary/aromatic N) is 4. The Kier molecular flexibility index (Phi) is 3.69. The largest absolute Gasteiger partial charge is 0.344 e. The summed E-state index contributed by atoms with van der Waals surface area (Å²) in [6, 6.07) is 0.369. The monoisotopic (exact) mass is 323 g/mol. The van der Waals surface area contributed by atoms with Crippen LogP contribution in [0.5, 0.6) is 0 Å². The standard InChI is InChI=1S/C14H18ClN5S/c15-13-11(18-19-21-13)8-20-7-3-6-12(20)14-16-9-4-1-2-5-10(9)17-14/h12H,1-8H2,(H,16,17). The van der Waals surface area contributed by atoms with Crippen LogP contribution in [0.25, 0.3) is 0 Å². The van der Waals surface area contributed by atoms with Crippen LogP contribution in [0.3, 0.4) is 0 Å². The predicted molar refractivity (Wildman–Crippen MR) is 82.5 cm³/mol. The van der Waals surface area contributed by atoms with Gasteiger partial charge in [0.1, 0.15) is 15.9 Å². The number of aromatic nitrogens is 4. The van der Waals surface area contributed by atoms with E-state index in [1.165, 1.54) is 42.2 Å². The molecule has 4 rings (SSSR count). The average molecular weight is 324 g/mol. The van der Waals surface area contributed by atoms with Gasteiger partial charge in [0.25, 0.3) is 0 Å². The maximum absolute atomic E-state index is 6.14. The van der Waals surface area contributed by atoms with Crippen molar-refractivity contribution in [3.63, 3.8) is 0 Å². The summed E-state index contributed by atoms with van der Waals surface area (Å²) in [6.45, 7) is 1.84. The van der Waals surface area contributed by atoms with Gasteiger partial charge in [-0.15, -0.1) is 5.10 Å². The molecule has 1 saturated heterocycles. The molecule has 1 aliphatic heterocycles. The third-order valence-electron chi connectivity index (χ3n) is 4.51. The maximum Gasteiger partial charge on any atom is 0.138 e. The molecule has 112 valence electrons. The van der Waals surface area contributed by atoms with Crippen molar-refractivity contribution in [1.82, 2.24) is 24.5 Å². The molecule has 1 atom stereocenters. The van der Waals surface area contributed by atoms with Crippen molar-refractivity contribution in [1.29, 1.82) is 0 Å². The molecule has 0 radical (unpaired) electrons. The van der Waals surface area contributed by atoms with Crippen LogP contribution in [-0.2, 0) is 19.4 Å². The maximum atomic E-state index is 6.14. The van der Waals surface area contributed by atoms with Crippen molar-refractivity contribution >= 4 is 23.1 Å². The number of likely N-dealkylation sites (tertiary alicyclic amines) is 1. The van der Waals surface area contributed by atoms with Gasteiger partial charge in [-0.25, -0.2) is 4.98 Å². The van der Waals surface area contributed by atoms with E-state index in [0.29, 0.717) is 10.4 Å². The van der Waals surface area contributed by atoms with E-state index < -0.39 is 0 Å². The van der Waals surface area contributed by atoms with E-state index in [0.717, 1.165) is 43.9 Å². The molecule has 0 bridgehead atoms. The van der Waals surface area contributed by atoms with Crippen LogP contribution in [0.2, 0.25) is 4.34 Å². The molecule has 1 N–H and O–H groups in total. The molecule has 2 aromatic heterocycles. The first-order valence-corrected chi connectivity index (χ1v) is 8.75. The van der Waals surface area contributed by atoms with Gasteiger partial charge in [-0.1, -0.05) is 16.1 Å². The van der Waals surface area contributed by atoms with Gasteiger partial charge in [-0.05, 0) is 45.1 Å². The Hall–Kier alpha value is -0.980. The zero-order chi connectivity index (χ0) is 14.2. The fourth-order valence-electron chi connectivity index (χ4n) is 3.44. The molecule has 0 saturated carbocycles. The molecule has 1 fully saturated rings. The summed E-state index contributed by atoms with van der Waals surface area (Å²) in [4.78, 5) is 10.9. The Bertz CT molecular complexity index is 614. The van der Waals surface area contributed by atoms with Crippen LogP contribution in [0.4, 0.5) is 0 Å². The molecule has 5 nitrogen and oxygen atoms in total. The zero-order valence-electron chi connectivity index (χ0n) is 11.8. The van der Waals surface area contributed by atoms with Crippen LogP contribution in [-0.4, -0.2) is 31.0 Å². The average Bonchev–Trinajstić information content (AvgIpc) is 3.19. The van der Waals surface area contributed by atoms with E-state index in [1.54, 1.807) is 0 Å². The Morgan fingerprint density at radius 2 is 2.19 bits per heavy atom. The van der Waals surface area contributed by atoms with Gasteiger partial charge in [-0.2, -0.15) is 0 Å². The second-order valence-electron chi connectivity index (χ2n) is 5.88. The third-order valence-corrected chi connectivity index (χ3v) is 5.50. The lowest BCUT2D eigenvalue weighted by atomic mass is 10.0. The van der Waals surface area contributed by atoms with Gasteiger partial charge < -0.3 is 4.98 Å². The molecule has 2 aliphatic rings. The van der Waals surface area contributed by atoms with Gasteiger partial charge in [-0.3, -0.25) is 4.90 Å². The summed E-state index contributed by atoms with van der Waals surface area (Å²) < 4.78 is 4.63. The van der Waals surface area contributed by atoms with Gasteiger partial charge in [0.2, 0.25) is 0 Å². The van der Waals surface area contributed by atoms with Crippen molar-refractivity contribution in [2.75, 3.05) is 6.54 Å². The van der Waals surface area contributed by atoms with Crippen molar-refractivity contribution in [3.05, 3.63) is 27.2 Å². The van der Waals surface area contributed by atoms with Gasteiger partial charge in [0.05, 0.1) is 11.7 Å². The molecule has 1 unspecified atom stereocenters. The lowest BCUT2D eigenvalue weighted by Crippen LogP contribution is -2.24. The molecule has 7 heteroatoms. The fraction of sp³-hybridized carbons (Fsp3) is 0.643. The van der Waals surface area contributed by atoms with Crippen LogP contribution in [0.15, 0.2) is 0 Å². The number of aryl methyl sites for hydroxylation is 2. The quantitative estimate of drug-likeness (QED) is 0.942. The van der Waals surface area contributed by atoms with E-state index >= 15 is 0 Å². The second-order valence-corrected chi connectivity index (χ2v) is 7.23. The number of rotatable bonds is 3. The summed E-state index contributed by atoms with van der Waals surface area (Å²) in [6.07, 6.45) is 7.18. The number of fused-ring (bicyclic) bond motifs is 1. The summed E-state index contributed by atoms with van der Waals surface area (Å²) in [5, 5.41) is 4.14. The Morgan fingerprint density at radius 3 is 3.00 bits per heavy atom. The minimum absolute atomic E-state index is 0.369. The minimum Gasteiger partial charge on any atom is -0.344 e. The molecule has 3 heterocycles. The molecule has 0 aromatic carbocycles. The number of hydrogen-bond donors (Lipinski definition) is 1. The Labute approximate surface area is 132 Å². The highest BCUT2D eigenvalue weighted by atomic mass is 35.5. The van der Waals surface area contributed by atoms with Crippen LogP contribution >= 0.6 is 23.1 Å². The number of aromatic amines is 1. The summed E-state index contributed by atoms with van der Waals surface area (Å²) >= 11 is 7.40. The van der Waals surface area contributed by atoms with Crippen LogP contribution in [0.1, 0.15) is 54.6 Å². The lowest BCUT2D eigenvalue weighted by molar-refractivity contribution is 0.238. The predicted octanol–water partition coefficient (Wildman–Crippen LogP) is 3.13. The SMILES string of the molecule is Clc1snnc1CN1CCCC1c1nc2c([nH]1)CCCC2. The van der Waals surface area contributed by atoms with Crippen LogP contribution < -0.4 is 0 Å². The third kappa shape index (κ3) is 2.60. The van der Waals surface area contributed by atoms with E-state index in [9.17, 15) is 0 Å². The molecular formula is C14H18ClN5S. The summed E-state index contributed by atoms with van der Waals surface area (Å²) in [5.74, 6) is 1.14. The van der Waals surface area contributed by atoms with Crippen molar-refractivity contribution in [2.24, 2.45) is 0 Å². The lowest BCUT2D eigenvalue weighted by Gasteiger charge is -2.21. The first-order chi connectivity index (χ1) is 10.3. The minimum atomic E-state index is 0.369. The van der Waals surface area contributed by atoms with Gasteiger partial charge in [0.15, 0.2) is 0 Å². The van der Waals surface area contributed by atoms with Gasteiger partial charge >= 0.3 is 0 Å². The summed E-state index contributed by atoms with van der Waals surface area (Å²) in [7, 11) is 0. The smallest absolute Gasteiger partial charge is 0.138 e. The highest BCUT2D eigenvalue weighted by Gasteiger charge is 2.30. The molecule has 0 amide bonds. The normalized spacial score (nSPS) is 22.6. The van der Waals surface area contributed by atoms with E-state index in [2.05, 4.69) is 19.5 Å². The van der Waals surface area contributed by atoms with Crippen molar-refractivity contribution in [3.8, 4) is 0 Å². The fourth-order valence-corrected chi connectivity index (χ4v) is 4.05. The Morgan fingerprint density at radius 1 is 1.29 bits per heavy atom. The second kappa shape index (κ2) is 5.66. The molecule has 21 heavy (non-hydrogen) atoms. The van der Waals surface area contributed by atoms with Crippen LogP contribution in [0, 0.1) is 0 Å². The number of nitrogens with one attached hydrogen (secondary N) is 1. The highest BCUT2D eigenvalue weighted by molar-refractivity contribution is 7.10. The number of H-pyrrole nitrogens is 1. The topological polar surface area (TPSA) is 57.7 Å².